The highest BCUT2D eigenvalue weighted by molar-refractivity contribution is 7.99. The number of nitrogens with one attached hydrogen (secondary N) is 1. The topological polar surface area (TPSA) is 103 Å². The first-order valence-corrected chi connectivity index (χ1v) is 9.00. The van der Waals surface area contributed by atoms with Crippen molar-refractivity contribution in [2.75, 3.05) is 11.1 Å². The van der Waals surface area contributed by atoms with Crippen LogP contribution >= 0.6 is 23.4 Å². The molecule has 0 aliphatic heterocycles. The van der Waals surface area contributed by atoms with Gasteiger partial charge in [0.15, 0.2) is 5.16 Å². The van der Waals surface area contributed by atoms with Crippen molar-refractivity contribution in [3.05, 3.63) is 39.2 Å². The third kappa shape index (κ3) is 4.70. The maximum atomic E-state index is 12.1. The van der Waals surface area contributed by atoms with Gasteiger partial charge in [0, 0.05) is 24.2 Å². The molecule has 0 atom stereocenters. The van der Waals surface area contributed by atoms with Crippen LogP contribution in [0.3, 0.4) is 0 Å². The first kappa shape index (κ1) is 19.2. The maximum absolute atomic E-state index is 12.1. The van der Waals surface area contributed by atoms with Gasteiger partial charge in [-0.2, -0.15) is 0 Å². The summed E-state index contributed by atoms with van der Waals surface area (Å²) in [5, 5.41) is 22.5. The lowest BCUT2D eigenvalue weighted by atomic mass is 10.3. The standard InChI is InChI=1S/C15H18ClN5O3S/c1-4-13-18-19-15(20(13)9(2)3)25-8-14(22)17-10-5-6-11(16)12(7-10)21(23)24/h5-7,9H,4,8H2,1-3H3,(H,17,22). The lowest BCUT2D eigenvalue weighted by Gasteiger charge is -2.12. The first-order chi connectivity index (χ1) is 11.8. The molecule has 0 unspecified atom stereocenters. The molecule has 1 aromatic carbocycles. The Labute approximate surface area is 154 Å². The largest absolute Gasteiger partial charge is 0.325 e. The third-order valence-electron chi connectivity index (χ3n) is 3.33. The van der Waals surface area contributed by atoms with Crippen molar-refractivity contribution in [2.45, 2.75) is 38.4 Å². The zero-order valence-electron chi connectivity index (χ0n) is 14.0. The third-order valence-corrected chi connectivity index (χ3v) is 4.59. The van der Waals surface area contributed by atoms with Crippen molar-refractivity contribution < 1.29 is 9.72 Å². The Kier molecular flexibility index (Phi) is 6.38. The van der Waals surface area contributed by atoms with E-state index in [1.54, 1.807) is 0 Å². The van der Waals surface area contributed by atoms with Crippen molar-refractivity contribution in [3.63, 3.8) is 0 Å². The Morgan fingerprint density at radius 3 is 2.76 bits per heavy atom. The Bertz CT molecular complexity index is 793. The molecule has 0 aliphatic rings. The van der Waals surface area contributed by atoms with Gasteiger partial charge in [-0.3, -0.25) is 14.9 Å². The van der Waals surface area contributed by atoms with Crippen LogP contribution in [0.15, 0.2) is 23.4 Å². The fourth-order valence-corrected chi connectivity index (χ4v) is 3.30. The molecule has 2 rings (SSSR count). The van der Waals surface area contributed by atoms with E-state index >= 15 is 0 Å². The summed E-state index contributed by atoms with van der Waals surface area (Å²) in [5.41, 5.74) is 0.0699. The number of thioether (sulfide) groups is 1. The van der Waals surface area contributed by atoms with E-state index in [9.17, 15) is 14.9 Å². The molecule has 8 nitrogen and oxygen atoms in total. The molecule has 0 bridgehead atoms. The number of aromatic nitrogens is 3. The quantitative estimate of drug-likeness (QED) is 0.444. The van der Waals surface area contributed by atoms with Gasteiger partial charge in [-0.05, 0) is 26.0 Å². The van der Waals surface area contributed by atoms with Crippen molar-refractivity contribution in [3.8, 4) is 0 Å². The molecule has 0 aliphatic carbocycles. The fraction of sp³-hybridized carbons (Fsp3) is 0.400. The zero-order valence-corrected chi connectivity index (χ0v) is 15.6. The molecule has 2 aromatic rings. The van der Waals surface area contributed by atoms with Gasteiger partial charge in [-0.15, -0.1) is 10.2 Å². The minimum atomic E-state index is -0.593. The molecule has 0 spiro atoms. The molecular formula is C15H18ClN5O3S. The second kappa shape index (κ2) is 8.30. The normalized spacial score (nSPS) is 10.9. The molecular weight excluding hydrogens is 366 g/mol. The SMILES string of the molecule is CCc1nnc(SCC(=O)Nc2ccc(Cl)c([N+](=O)[O-])c2)n1C(C)C. The summed E-state index contributed by atoms with van der Waals surface area (Å²) < 4.78 is 1.99. The number of hydrogen-bond acceptors (Lipinski definition) is 6. The van der Waals surface area contributed by atoms with Crippen LogP contribution in [0.4, 0.5) is 11.4 Å². The predicted molar refractivity (Wildman–Crippen MR) is 97.2 cm³/mol. The van der Waals surface area contributed by atoms with Gasteiger partial charge in [-0.25, -0.2) is 0 Å². The zero-order chi connectivity index (χ0) is 18.6. The highest BCUT2D eigenvalue weighted by Crippen LogP contribution is 2.28. The number of carbonyl (C=O) groups is 1. The van der Waals surface area contributed by atoms with E-state index < -0.39 is 4.92 Å². The van der Waals surface area contributed by atoms with Crippen LogP contribution < -0.4 is 5.32 Å². The summed E-state index contributed by atoms with van der Waals surface area (Å²) >= 11 is 7.03. The van der Waals surface area contributed by atoms with Crippen LogP contribution in [-0.2, 0) is 11.2 Å². The number of rotatable bonds is 7. The smallest absolute Gasteiger partial charge is 0.289 e. The van der Waals surface area contributed by atoms with Gasteiger partial charge in [0.1, 0.15) is 10.8 Å². The van der Waals surface area contributed by atoms with Gasteiger partial charge >= 0.3 is 0 Å². The van der Waals surface area contributed by atoms with E-state index in [0.717, 1.165) is 12.2 Å². The summed E-state index contributed by atoms with van der Waals surface area (Å²) in [4.78, 5) is 22.4. The average Bonchev–Trinajstić information content (AvgIpc) is 2.97. The molecule has 10 heteroatoms. The van der Waals surface area contributed by atoms with E-state index in [-0.39, 0.29) is 28.4 Å². The van der Waals surface area contributed by atoms with Crippen LogP contribution in [-0.4, -0.2) is 31.3 Å². The van der Waals surface area contributed by atoms with E-state index in [1.165, 1.54) is 30.0 Å². The second-order valence-electron chi connectivity index (χ2n) is 5.48. The molecule has 1 amide bonds. The van der Waals surface area contributed by atoms with Crippen LogP contribution in [0.1, 0.15) is 32.6 Å². The van der Waals surface area contributed by atoms with Crippen molar-refractivity contribution in [1.82, 2.24) is 14.8 Å². The number of benzene rings is 1. The van der Waals surface area contributed by atoms with Gasteiger partial charge in [0.2, 0.25) is 5.91 Å². The lowest BCUT2D eigenvalue weighted by Crippen LogP contribution is -2.15. The minimum absolute atomic E-state index is 0.0227. The molecule has 0 radical (unpaired) electrons. The number of aryl methyl sites for hydroxylation is 1. The minimum Gasteiger partial charge on any atom is -0.325 e. The summed E-state index contributed by atoms with van der Waals surface area (Å²) in [6.45, 7) is 6.05. The van der Waals surface area contributed by atoms with Crippen LogP contribution in [0.2, 0.25) is 5.02 Å². The Morgan fingerprint density at radius 1 is 1.44 bits per heavy atom. The molecule has 1 heterocycles. The van der Waals surface area contributed by atoms with Gasteiger partial charge in [-0.1, -0.05) is 30.3 Å². The lowest BCUT2D eigenvalue weighted by molar-refractivity contribution is -0.384. The van der Waals surface area contributed by atoms with Crippen LogP contribution in [0.25, 0.3) is 0 Å². The van der Waals surface area contributed by atoms with Crippen LogP contribution in [0.5, 0.6) is 0 Å². The Balaban J connectivity index is 2.03. The summed E-state index contributed by atoms with van der Waals surface area (Å²) in [6, 6.07) is 4.32. The molecule has 0 fully saturated rings. The van der Waals surface area contributed by atoms with E-state index in [2.05, 4.69) is 15.5 Å². The van der Waals surface area contributed by atoms with E-state index in [0.29, 0.717) is 10.8 Å². The predicted octanol–water partition coefficient (Wildman–Crippen LogP) is 3.71. The van der Waals surface area contributed by atoms with E-state index in [4.69, 9.17) is 11.6 Å². The number of carbonyl (C=O) groups excluding carboxylic acids is 1. The Morgan fingerprint density at radius 2 is 2.16 bits per heavy atom. The highest BCUT2D eigenvalue weighted by Gasteiger charge is 2.17. The molecule has 134 valence electrons. The van der Waals surface area contributed by atoms with Crippen molar-refractivity contribution in [2.24, 2.45) is 0 Å². The molecule has 25 heavy (non-hydrogen) atoms. The number of nitro groups is 1. The molecule has 0 saturated heterocycles. The fourth-order valence-electron chi connectivity index (χ4n) is 2.22. The summed E-state index contributed by atoms with van der Waals surface area (Å²) in [6.07, 6.45) is 0.756. The first-order valence-electron chi connectivity index (χ1n) is 7.63. The highest BCUT2D eigenvalue weighted by atomic mass is 35.5. The van der Waals surface area contributed by atoms with E-state index in [1.807, 2.05) is 25.3 Å². The number of halogens is 1. The number of hydrogen-bond donors (Lipinski definition) is 1. The summed E-state index contributed by atoms with van der Waals surface area (Å²) in [5.74, 6) is 0.689. The average molecular weight is 384 g/mol. The number of anilines is 1. The monoisotopic (exact) mass is 383 g/mol. The number of amides is 1. The second-order valence-corrected chi connectivity index (χ2v) is 6.83. The molecule has 1 N–H and O–H groups in total. The summed E-state index contributed by atoms with van der Waals surface area (Å²) in [7, 11) is 0. The molecule has 1 aromatic heterocycles. The van der Waals surface area contributed by atoms with Crippen molar-refractivity contribution in [1.29, 1.82) is 0 Å². The Hall–Kier alpha value is -2.13. The van der Waals surface area contributed by atoms with Gasteiger partial charge in [0.05, 0.1) is 10.7 Å². The van der Waals surface area contributed by atoms with Gasteiger partial charge in [0.25, 0.3) is 5.69 Å². The number of nitrogens with zero attached hydrogens (tertiary/aromatic N) is 4. The maximum Gasteiger partial charge on any atom is 0.289 e. The van der Waals surface area contributed by atoms with Crippen LogP contribution in [0, 0.1) is 10.1 Å². The number of nitro benzene ring substituents is 1. The van der Waals surface area contributed by atoms with Gasteiger partial charge < -0.3 is 9.88 Å². The van der Waals surface area contributed by atoms with Crippen molar-refractivity contribution >= 4 is 40.6 Å². The molecule has 0 saturated carbocycles.